The maximum Gasteiger partial charge on any atom is 0.472 e. The molecule has 17 nitrogen and oxygen atoms in total. The van der Waals surface area contributed by atoms with Crippen molar-refractivity contribution in [3.63, 3.8) is 0 Å². The maximum absolute atomic E-state index is 13.1. The molecule has 624 valence electrons. The lowest BCUT2D eigenvalue weighted by Gasteiger charge is -2.21. The van der Waals surface area contributed by atoms with Gasteiger partial charge in [-0.05, 0) is 31.6 Å². The number of phosphoric ester groups is 2. The van der Waals surface area contributed by atoms with Crippen LogP contribution in [0.25, 0.3) is 0 Å². The highest BCUT2D eigenvalue weighted by Gasteiger charge is 2.30. The Morgan fingerprint density at radius 2 is 0.438 bits per heavy atom. The van der Waals surface area contributed by atoms with Crippen LogP contribution in [0.4, 0.5) is 0 Å². The fourth-order valence-corrected chi connectivity index (χ4v) is 15.1. The van der Waals surface area contributed by atoms with Crippen LogP contribution in [0.2, 0.25) is 0 Å². The van der Waals surface area contributed by atoms with Crippen molar-refractivity contribution in [2.24, 2.45) is 5.92 Å². The van der Waals surface area contributed by atoms with E-state index in [0.717, 1.165) is 95.8 Å². The highest BCUT2D eigenvalue weighted by molar-refractivity contribution is 7.47. The normalized spacial score (nSPS) is 13.8. The second-order valence-electron chi connectivity index (χ2n) is 31.4. The number of ether oxygens (including phenoxy) is 4. The van der Waals surface area contributed by atoms with E-state index in [2.05, 4.69) is 34.6 Å². The van der Waals surface area contributed by atoms with Crippen molar-refractivity contribution in [3.05, 3.63) is 0 Å². The van der Waals surface area contributed by atoms with Crippen LogP contribution in [0, 0.1) is 5.92 Å². The minimum Gasteiger partial charge on any atom is -0.462 e. The lowest BCUT2D eigenvalue weighted by molar-refractivity contribution is -0.161. The summed E-state index contributed by atoms with van der Waals surface area (Å²) in [5.74, 6) is -1.29. The fourth-order valence-electron chi connectivity index (χ4n) is 13.5. The molecule has 0 saturated carbocycles. The first-order chi connectivity index (χ1) is 51.0. The Bertz CT molecular complexity index is 2000. The number of phosphoric acid groups is 2. The number of carbonyl (C=O) groups excluding carboxylic acids is 4. The standard InChI is InChI=1S/C86H168O17P2/c1-6-9-12-15-18-21-24-26-28-30-31-32-37-40-45-50-55-60-65-70-84(89)97-76-82(103-86(91)72-67-62-57-52-47-42-38-34-33-35-39-44-48-53-58-63-68-79(4)5)78-101-105(94,95)99-74-80(87)73-98-104(92,93)100-77-81(75-96-83(88)69-64-59-54-49-43-23-20-17-14-11-8-3)102-85(90)71-66-61-56-51-46-41-36-29-27-25-22-19-16-13-10-7-2/h79-82,87H,6-78H2,1-5H3,(H,92,93)(H,94,95)/t80-,81+,82+/m0/s1. The van der Waals surface area contributed by atoms with Gasteiger partial charge < -0.3 is 33.8 Å². The summed E-state index contributed by atoms with van der Waals surface area (Å²) >= 11 is 0. The molecule has 0 aliphatic rings. The molecule has 0 amide bonds. The fraction of sp³-hybridized carbons (Fsp3) is 0.953. The monoisotopic (exact) mass is 1540 g/mol. The van der Waals surface area contributed by atoms with Crippen molar-refractivity contribution >= 4 is 39.5 Å². The number of aliphatic hydroxyl groups excluding tert-OH is 1. The van der Waals surface area contributed by atoms with Crippen molar-refractivity contribution in [1.29, 1.82) is 0 Å². The van der Waals surface area contributed by atoms with Gasteiger partial charge in [0.05, 0.1) is 26.4 Å². The van der Waals surface area contributed by atoms with Crippen LogP contribution in [0.5, 0.6) is 0 Å². The molecule has 5 atom stereocenters. The molecular weight excluding hydrogens is 1370 g/mol. The molecule has 2 unspecified atom stereocenters. The molecule has 0 aromatic rings. The molecule has 0 aromatic heterocycles. The predicted octanol–water partition coefficient (Wildman–Crippen LogP) is 26.4. The summed E-state index contributed by atoms with van der Waals surface area (Å²) in [4.78, 5) is 73.2. The average Bonchev–Trinajstić information content (AvgIpc) is 0.907. The molecule has 0 aromatic carbocycles. The van der Waals surface area contributed by atoms with Crippen molar-refractivity contribution in [2.45, 2.75) is 483 Å². The quantitative estimate of drug-likeness (QED) is 0.0222. The Morgan fingerprint density at radius 3 is 0.648 bits per heavy atom. The minimum atomic E-state index is -4.97. The maximum atomic E-state index is 13.1. The van der Waals surface area contributed by atoms with Crippen LogP contribution < -0.4 is 0 Å². The molecule has 3 N–H and O–H groups in total. The van der Waals surface area contributed by atoms with Gasteiger partial charge in [-0.2, -0.15) is 0 Å². The number of hydrogen-bond donors (Lipinski definition) is 3. The number of unbranched alkanes of at least 4 members (excludes halogenated alkanes) is 58. The van der Waals surface area contributed by atoms with Crippen LogP contribution in [-0.4, -0.2) is 96.7 Å². The van der Waals surface area contributed by atoms with Gasteiger partial charge in [0.25, 0.3) is 0 Å². The number of esters is 4. The molecule has 0 fully saturated rings. The summed E-state index contributed by atoms with van der Waals surface area (Å²) in [6.07, 6.45) is 72.1. The average molecular weight is 1540 g/mol. The molecule has 0 spiro atoms. The highest BCUT2D eigenvalue weighted by atomic mass is 31.2. The summed E-state index contributed by atoms with van der Waals surface area (Å²) < 4.78 is 68.9. The zero-order valence-electron chi connectivity index (χ0n) is 68.9. The zero-order valence-corrected chi connectivity index (χ0v) is 70.7. The van der Waals surface area contributed by atoms with Crippen LogP contribution in [0.3, 0.4) is 0 Å². The zero-order chi connectivity index (χ0) is 76.9. The largest absolute Gasteiger partial charge is 0.472 e. The van der Waals surface area contributed by atoms with Gasteiger partial charge in [0.2, 0.25) is 0 Å². The Hall–Kier alpha value is -1.94. The first-order valence-corrected chi connectivity index (χ1v) is 47.6. The lowest BCUT2D eigenvalue weighted by atomic mass is 10.0. The first-order valence-electron chi connectivity index (χ1n) is 44.6. The lowest BCUT2D eigenvalue weighted by Crippen LogP contribution is -2.30. The summed E-state index contributed by atoms with van der Waals surface area (Å²) in [6, 6.07) is 0. The smallest absolute Gasteiger partial charge is 0.462 e. The van der Waals surface area contributed by atoms with E-state index in [0.29, 0.717) is 25.7 Å². The summed E-state index contributed by atoms with van der Waals surface area (Å²) in [6.45, 7) is 7.40. The van der Waals surface area contributed by atoms with E-state index in [4.69, 9.17) is 37.0 Å². The highest BCUT2D eigenvalue weighted by Crippen LogP contribution is 2.45. The predicted molar refractivity (Wildman–Crippen MR) is 432 cm³/mol. The summed E-state index contributed by atoms with van der Waals surface area (Å²) in [5, 5.41) is 10.7. The number of carbonyl (C=O) groups is 4. The molecule has 0 aliphatic carbocycles. The van der Waals surface area contributed by atoms with Gasteiger partial charge in [-0.15, -0.1) is 0 Å². The van der Waals surface area contributed by atoms with Crippen LogP contribution in [-0.2, 0) is 65.4 Å². The topological polar surface area (TPSA) is 237 Å². The van der Waals surface area contributed by atoms with Crippen molar-refractivity contribution in [2.75, 3.05) is 39.6 Å². The third kappa shape index (κ3) is 79.9. The van der Waals surface area contributed by atoms with Crippen molar-refractivity contribution < 1.29 is 80.2 Å². The SMILES string of the molecule is CCCCCCCCCCCCCCCCCCCCCC(=O)OC[C@H](COP(=O)(O)OC[C@@H](O)COP(=O)(O)OC[C@@H](COC(=O)CCCCCCCCCCCCC)OC(=O)CCCCCCCCCCCCCCCCCC)OC(=O)CCCCCCCCCCCCCCCCCCC(C)C. The Kier molecular flexibility index (Phi) is 77.3. The van der Waals surface area contributed by atoms with Gasteiger partial charge in [-0.1, -0.05) is 413 Å². The van der Waals surface area contributed by atoms with E-state index in [9.17, 15) is 43.2 Å². The van der Waals surface area contributed by atoms with Gasteiger partial charge in [-0.25, -0.2) is 9.13 Å². The molecule has 0 radical (unpaired) electrons. The van der Waals surface area contributed by atoms with Gasteiger partial charge >= 0.3 is 39.5 Å². The molecule has 0 bridgehead atoms. The van der Waals surface area contributed by atoms with Crippen LogP contribution >= 0.6 is 15.6 Å². The van der Waals surface area contributed by atoms with E-state index in [1.165, 1.54) is 289 Å². The van der Waals surface area contributed by atoms with E-state index < -0.39 is 97.5 Å². The van der Waals surface area contributed by atoms with Crippen molar-refractivity contribution in [3.8, 4) is 0 Å². The number of hydrogen-bond acceptors (Lipinski definition) is 15. The van der Waals surface area contributed by atoms with E-state index >= 15 is 0 Å². The number of rotatable bonds is 86. The van der Waals surface area contributed by atoms with Gasteiger partial charge in [0.1, 0.15) is 19.3 Å². The minimum absolute atomic E-state index is 0.109. The molecule has 19 heteroatoms. The second-order valence-corrected chi connectivity index (χ2v) is 34.3. The molecular formula is C86H168O17P2. The van der Waals surface area contributed by atoms with Crippen molar-refractivity contribution in [1.82, 2.24) is 0 Å². The van der Waals surface area contributed by atoms with E-state index in [1.807, 2.05) is 0 Å². The third-order valence-corrected chi connectivity index (χ3v) is 22.2. The second kappa shape index (κ2) is 78.7. The summed E-state index contributed by atoms with van der Waals surface area (Å²) in [7, 11) is -9.93. The van der Waals surface area contributed by atoms with Gasteiger partial charge in [0, 0.05) is 25.7 Å². The Balaban J connectivity index is 5.24. The van der Waals surface area contributed by atoms with E-state index in [-0.39, 0.29) is 25.7 Å². The molecule has 105 heavy (non-hydrogen) atoms. The number of aliphatic hydroxyl groups is 1. The van der Waals surface area contributed by atoms with Crippen LogP contribution in [0.1, 0.15) is 465 Å². The molecule has 0 heterocycles. The Morgan fingerprint density at radius 1 is 0.257 bits per heavy atom. The molecule has 0 rings (SSSR count). The van der Waals surface area contributed by atoms with E-state index in [1.54, 1.807) is 0 Å². The molecule has 0 aliphatic heterocycles. The molecule has 0 saturated heterocycles. The third-order valence-electron chi connectivity index (χ3n) is 20.3. The van der Waals surface area contributed by atoms with Gasteiger partial charge in [-0.3, -0.25) is 37.3 Å². The first kappa shape index (κ1) is 103. The Labute approximate surface area is 645 Å². The summed E-state index contributed by atoms with van der Waals surface area (Å²) in [5.41, 5.74) is 0. The van der Waals surface area contributed by atoms with Gasteiger partial charge in [0.15, 0.2) is 12.2 Å². The van der Waals surface area contributed by atoms with Crippen LogP contribution in [0.15, 0.2) is 0 Å².